The fourth-order valence-electron chi connectivity index (χ4n) is 4.47. The first-order valence-corrected chi connectivity index (χ1v) is 12.8. The van der Waals surface area contributed by atoms with Gasteiger partial charge in [0.1, 0.15) is 23.7 Å². The first-order chi connectivity index (χ1) is 20.0. The number of rotatable bonds is 6. The minimum Gasteiger partial charge on any atom is -0.383 e. The molecule has 0 fully saturated rings. The number of carbonyl (C=O) groups excluding carboxylic acids is 1. The third kappa shape index (κ3) is 6.38. The third-order valence-corrected chi connectivity index (χ3v) is 6.60. The van der Waals surface area contributed by atoms with Crippen molar-refractivity contribution in [3.05, 3.63) is 125 Å². The summed E-state index contributed by atoms with van der Waals surface area (Å²) in [5.74, 6) is -1.16. The first-order valence-electron chi connectivity index (χ1n) is 12.8. The second-order valence-corrected chi connectivity index (χ2v) is 9.76. The Hall–Kier alpha value is -5.25. The smallest absolute Gasteiger partial charge is 0.383 e. The molecule has 0 spiro atoms. The molecule has 0 radical (unpaired) electrons. The van der Waals surface area contributed by atoms with Crippen LogP contribution in [-0.2, 0) is 6.54 Å². The van der Waals surface area contributed by atoms with Crippen molar-refractivity contribution in [3.63, 3.8) is 0 Å². The molecule has 6 nitrogen and oxygen atoms in total. The van der Waals surface area contributed by atoms with Crippen molar-refractivity contribution < 1.29 is 22.4 Å². The molecule has 0 unspecified atom stereocenters. The Kier molecular flexibility index (Phi) is 7.62. The molecule has 0 aliphatic heterocycles. The highest BCUT2D eigenvalue weighted by Crippen LogP contribution is 2.31. The lowest BCUT2D eigenvalue weighted by Gasteiger charge is -2.14. The van der Waals surface area contributed by atoms with E-state index in [0.717, 1.165) is 51.3 Å². The van der Waals surface area contributed by atoms with Gasteiger partial charge in [-0.15, -0.1) is 0 Å². The molecule has 0 aliphatic rings. The van der Waals surface area contributed by atoms with Gasteiger partial charge in [0, 0.05) is 41.0 Å². The zero-order valence-corrected chi connectivity index (χ0v) is 22.2. The van der Waals surface area contributed by atoms with Gasteiger partial charge >= 0.3 is 6.18 Å². The van der Waals surface area contributed by atoms with Crippen molar-refractivity contribution >= 4 is 17.4 Å². The van der Waals surface area contributed by atoms with Crippen LogP contribution in [0.15, 0.2) is 102 Å². The minimum absolute atomic E-state index is 0.168. The molecule has 3 N–H and O–H groups in total. The normalized spacial score (nSPS) is 11.4. The van der Waals surface area contributed by atoms with E-state index >= 15 is 0 Å². The van der Waals surface area contributed by atoms with Crippen molar-refractivity contribution in [2.75, 3.05) is 11.1 Å². The lowest BCUT2D eigenvalue weighted by atomic mass is 10.00. The number of alkyl halides is 3. The van der Waals surface area contributed by atoms with Crippen LogP contribution in [0.1, 0.15) is 15.9 Å². The molecule has 0 saturated heterocycles. The maximum Gasteiger partial charge on any atom is 0.406 e. The fourth-order valence-corrected chi connectivity index (χ4v) is 4.47. The number of halogens is 4. The van der Waals surface area contributed by atoms with E-state index in [1.165, 1.54) is 12.1 Å². The molecule has 10 heteroatoms. The van der Waals surface area contributed by atoms with Crippen molar-refractivity contribution in [3.8, 4) is 33.4 Å². The van der Waals surface area contributed by atoms with Crippen LogP contribution in [0.25, 0.3) is 33.4 Å². The second-order valence-electron chi connectivity index (χ2n) is 9.76. The molecule has 0 bridgehead atoms. The summed E-state index contributed by atoms with van der Waals surface area (Å²) in [6.07, 6.45) is -1.07. The van der Waals surface area contributed by atoms with Gasteiger partial charge in [-0.2, -0.15) is 13.2 Å². The number of pyridine rings is 2. The van der Waals surface area contributed by atoms with Gasteiger partial charge in [-0.1, -0.05) is 54.1 Å². The van der Waals surface area contributed by atoms with E-state index in [2.05, 4.69) is 10.3 Å². The van der Waals surface area contributed by atoms with Crippen LogP contribution in [0.3, 0.4) is 0 Å². The van der Waals surface area contributed by atoms with Gasteiger partial charge in [-0.3, -0.25) is 9.59 Å². The number of anilines is 2. The first kappa shape index (κ1) is 28.3. The van der Waals surface area contributed by atoms with E-state index in [0.29, 0.717) is 17.1 Å². The van der Waals surface area contributed by atoms with Gasteiger partial charge in [0.15, 0.2) is 0 Å². The van der Waals surface area contributed by atoms with Crippen LogP contribution in [0.2, 0.25) is 0 Å². The zero-order chi connectivity index (χ0) is 30.0. The summed E-state index contributed by atoms with van der Waals surface area (Å²) in [4.78, 5) is 30.6. The highest BCUT2D eigenvalue weighted by atomic mass is 19.4. The van der Waals surface area contributed by atoms with Crippen LogP contribution >= 0.6 is 0 Å². The topological polar surface area (TPSA) is 90.0 Å². The summed E-state index contributed by atoms with van der Waals surface area (Å²) in [5.41, 5.74) is 9.53. The Balaban J connectivity index is 1.43. The molecule has 0 atom stereocenters. The summed E-state index contributed by atoms with van der Waals surface area (Å²) in [6.45, 7) is 0.574. The number of nitrogen functional groups attached to an aromatic ring is 1. The van der Waals surface area contributed by atoms with E-state index in [4.69, 9.17) is 5.73 Å². The van der Waals surface area contributed by atoms with Crippen molar-refractivity contribution in [2.45, 2.75) is 19.6 Å². The number of hydrogen-bond donors (Lipinski definition) is 2. The van der Waals surface area contributed by atoms with Crippen molar-refractivity contribution in [2.24, 2.45) is 0 Å². The zero-order valence-electron chi connectivity index (χ0n) is 22.2. The Morgan fingerprint density at radius 3 is 2.10 bits per heavy atom. The summed E-state index contributed by atoms with van der Waals surface area (Å²) >= 11 is 0. The highest BCUT2D eigenvalue weighted by Gasteiger charge is 2.29. The number of aryl methyl sites for hydroxylation is 1. The van der Waals surface area contributed by atoms with E-state index < -0.39 is 35.4 Å². The van der Waals surface area contributed by atoms with Gasteiger partial charge < -0.3 is 15.6 Å². The molecule has 2 heterocycles. The lowest BCUT2D eigenvalue weighted by Crippen LogP contribution is -2.27. The molecule has 2 aromatic heterocycles. The summed E-state index contributed by atoms with van der Waals surface area (Å²) in [5, 5.41) is 2.57. The predicted octanol–water partition coefficient (Wildman–Crippen LogP) is 7.09. The largest absolute Gasteiger partial charge is 0.406 e. The standard InChI is InChI=1S/C32H24F4N4O2/c1-19-2-4-20(5-3-19)23-14-26(30(37)38-15-23)21-8-12-25(13-9-21)39-31(42)28-17-40(18-32(34,35)36)16-27(29(28)41)22-6-10-24(33)11-7-22/h2-17H,18H2,1H3,(H2,37,38)(H,39,42). The predicted molar refractivity (Wildman–Crippen MR) is 154 cm³/mol. The Morgan fingerprint density at radius 1 is 0.857 bits per heavy atom. The van der Waals surface area contributed by atoms with Crippen LogP contribution in [0.4, 0.5) is 29.1 Å². The molecular formula is C32H24F4N4O2. The Bertz CT molecular complexity index is 1810. The van der Waals surface area contributed by atoms with Gasteiger partial charge in [0.25, 0.3) is 5.91 Å². The van der Waals surface area contributed by atoms with Gasteiger partial charge in [-0.25, -0.2) is 9.37 Å². The average molecular weight is 573 g/mol. The maximum absolute atomic E-state index is 13.4. The van der Waals surface area contributed by atoms with E-state index in [9.17, 15) is 27.2 Å². The minimum atomic E-state index is -4.60. The van der Waals surface area contributed by atoms with E-state index in [1.807, 2.05) is 37.3 Å². The fraction of sp³-hybridized carbons (Fsp3) is 0.0938. The molecular weight excluding hydrogens is 548 g/mol. The number of hydrogen-bond acceptors (Lipinski definition) is 4. The number of nitrogens with two attached hydrogens (primary N) is 1. The molecule has 5 rings (SSSR count). The van der Waals surface area contributed by atoms with Gasteiger partial charge in [-0.05, 0) is 53.9 Å². The summed E-state index contributed by atoms with van der Waals surface area (Å²) in [6, 6.07) is 21.1. The summed E-state index contributed by atoms with van der Waals surface area (Å²) in [7, 11) is 0. The SMILES string of the molecule is Cc1ccc(-c2cnc(N)c(-c3ccc(NC(=O)c4cn(CC(F)(F)F)cc(-c5ccc(F)cc5)c4=O)cc3)c2)cc1. The van der Waals surface area contributed by atoms with Crippen molar-refractivity contribution in [1.29, 1.82) is 0 Å². The number of carbonyl (C=O) groups is 1. The average Bonchev–Trinajstić information content (AvgIpc) is 2.95. The van der Waals surface area contributed by atoms with Crippen LogP contribution in [-0.4, -0.2) is 21.6 Å². The Morgan fingerprint density at radius 2 is 1.45 bits per heavy atom. The number of amides is 1. The van der Waals surface area contributed by atoms with Crippen LogP contribution in [0, 0.1) is 12.7 Å². The van der Waals surface area contributed by atoms with Gasteiger partial charge in [0.2, 0.25) is 5.43 Å². The maximum atomic E-state index is 13.4. The third-order valence-electron chi connectivity index (χ3n) is 6.60. The van der Waals surface area contributed by atoms with Gasteiger partial charge in [0.05, 0.1) is 0 Å². The molecule has 5 aromatic rings. The Labute approximate surface area is 238 Å². The number of nitrogens with one attached hydrogen (secondary N) is 1. The monoisotopic (exact) mass is 572 g/mol. The number of benzene rings is 3. The van der Waals surface area contributed by atoms with E-state index in [-0.39, 0.29) is 11.1 Å². The molecule has 1 amide bonds. The molecule has 42 heavy (non-hydrogen) atoms. The quantitative estimate of drug-likeness (QED) is 0.213. The highest BCUT2D eigenvalue weighted by molar-refractivity contribution is 6.04. The van der Waals surface area contributed by atoms with Crippen LogP contribution in [0.5, 0.6) is 0 Å². The van der Waals surface area contributed by atoms with Crippen LogP contribution < -0.4 is 16.5 Å². The second kappa shape index (κ2) is 11.3. The number of nitrogens with zero attached hydrogens (tertiary/aromatic N) is 2. The number of aromatic nitrogens is 2. The molecule has 0 saturated carbocycles. The molecule has 0 aliphatic carbocycles. The lowest BCUT2D eigenvalue weighted by molar-refractivity contribution is -0.140. The van der Waals surface area contributed by atoms with E-state index in [1.54, 1.807) is 30.5 Å². The molecule has 3 aromatic carbocycles. The summed E-state index contributed by atoms with van der Waals surface area (Å²) < 4.78 is 53.7. The molecule has 212 valence electrons. The van der Waals surface area contributed by atoms with Crippen molar-refractivity contribution in [1.82, 2.24) is 9.55 Å².